The van der Waals surface area contributed by atoms with Crippen molar-refractivity contribution in [2.75, 3.05) is 25.0 Å². The second-order valence-corrected chi connectivity index (χ2v) is 14.0. The number of nitrogens with zero attached hydrogens (tertiary/aromatic N) is 2. The minimum atomic E-state index is -0.118. The molecular weight excluding hydrogens is 548 g/mol. The predicted octanol–water partition coefficient (Wildman–Crippen LogP) is 8.95. The lowest BCUT2D eigenvalue weighted by molar-refractivity contribution is 0.426. The van der Waals surface area contributed by atoms with Gasteiger partial charge in [0.25, 0.3) is 0 Å². The van der Waals surface area contributed by atoms with Crippen molar-refractivity contribution in [2.24, 2.45) is 0 Å². The summed E-state index contributed by atoms with van der Waals surface area (Å²) in [6.07, 6.45) is 2.45. The van der Waals surface area contributed by atoms with Gasteiger partial charge in [0.05, 0.1) is 22.1 Å². The quantitative estimate of drug-likeness (QED) is 0.140. The van der Waals surface area contributed by atoms with Gasteiger partial charge in [-0.15, -0.1) is 0 Å². The monoisotopic (exact) mass is 589 g/mol. The van der Waals surface area contributed by atoms with Gasteiger partial charge in [0, 0.05) is 39.4 Å². The molecule has 0 amide bonds. The SMILES string of the molecule is CC.C[N+]1=c2c(c3c(c4ccccc24)=Cc2c(c4c(c5cc6ccccc6cc25)N(c2ccccc2)CC4(C)C)O3)C(C)(C)C1. The molecule has 3 aliphatic heterocycles. The van der Waals surface area contributed by atoms with E-state index in [1.807, 2.05) is 13.8 Å². The van der Waals surface area contributed by atoms with Crippen molar-refractivity contribution in [2.45, 2.75) is 52.4 Å². The Kier molecular flexibility index (Phi) is 6.00. The summed E-state index contributed by atoms with van der Waals surface area (Å²) >= 11 is 0. The van der Waals surface area contributed by atoms with E-state index in [9.17, 15) is 0 Å². The number of benzene rings is 6. The Bertz CT molecular complexity index is 2330. The molecule has 0 bridgehead atoms. The highest BCUT2D eigenvalue weighted by molar-refractivity contribution is 6.12. The van der Waals surface area contributed by atoms with Crippen LogP contribution >= 0.6 is 0 Å². The lowest BCUT2D eigenvalue weighted by atomic mass is 9.80. The number of hydrogen-bond acceptors (Lipinski definition) is 2. The average molecular weight is 590 g/mol. The number of para-hydroxylation sites is 1. The van der Waals surface area contributed by atoms with E-state index >= 15 is 0 Å². The minimum Gasteiger partial charge on any atom is -0.455 e. The Morgan fingerprint density at radius 1 is 0.667 bits per heavy atom. The summed E-state index contributed by atoms with van der Waals surface area (Å²) in [7, 11) is 2.23. The fourth-order valence-corrected chi connectivity index (χ4v) is 8.39. The zero-order chi connectivity index (χ0) is 31.2. The highest BCUT2D eigenvalue weighted by atomic mass is 16.5. The van der Waals surface area contributed by atoms with E-state index in [0.717, 1.165) is 24.6 Å². The van der Waals surface area contributed by atoms with Crippen LogP contribution in [0, 0.1) is 0 Å². The Balaban J connectivity index is 0.00000147. The van der Waals surface area contributed by atoms with E-state index in [1.54, 1.807) is 0 Å². The molecular formula is C42H41N2O+. The van der Waals surface area contributed by atoms with Crippen LogP contribution in [0.15, 0.2) is 91.0 Å². The molecule has 0 radical (unpaired) electrons. The molecule has 3 heteroatoms. The summed E-state index contributed by atoms with van der Waals surface area (Å²) in [4.78, 5) is 2.52. The molecule has 6 aromatic rings. The Labute approximate surface area is 265 Å². The van der Waals surface area contributed by atoms with E-state index in [-0.39, 0.29) is 10.8 Å². The Hall–Kier alpha value is -4.63. The van der Waals surface area contributed by atoms with Gasteiger partial charge in [-0.2, -0.15) is 0 Å². The number of rotatable bonds is 1. The highest BCUT2D eigenvalue weighted by Gasteiger charge is 2.45. The van der Waals surface area contributed by atoms with Gasteiger partial charge >= 0.3 is 0 Å². The van der Waals surface area contributed by atoms with E-state index in [0.29, 0.717) is 0 Å². The number of anilines is 2. The van der Waals surface area contributed by atoms with Crippen LogP contribution in [0.2, 0.25) is 0 Å². The summed E-state index contributed by atoms with van der Waals surface area (Å²) in [6, 6.07) is 33.3. The summed E-state index contributed by atoms with van der Waals surface area (Å²) in [5.41, 5.74) is 6.18. The molecule has 0 aromatic heterocycles. The molecule has 45 heavy (non-hydrogen) atoms. The van der Waals surface area contributed by atoms with Crippen molar-refractivity contribution in [3.63, 3.8) is 0 Å². The van der Waals surface area contributed by atoms with Gasteiger partial charge in [-0.05, 0) is 71.8 Å². The molecule has 0 saturated heterocycles. The standard InChI is InChI=1S/C40H35N2O.C2H6/c1-39(2)22-41(5)35-28-18-12-11-17-27(28)31-21-32-29-19-24-13-9-10-14-25(24)20-30(29)36-34(38(32)43-37(31)33(35)39)40(3,4)23-42(36)26-15-7-6-8-16-26;1-2/h6-21H,22-23H2,1-5H3;1-2H3/q+1;. The van der Waals surface area contributed by atoms with Crippen LogP contribution in [0.5, 0.6) is 11.5 Å². The first kappa shape index (κ1) is 27.9. The van der Waals surface area contributed by atoms with Crippen molar-refractivity contribution in [3.05, 3.63) is 118 Å². The molecule has 9 rings (SSSR count). The molecule has 0 unspecified atom stereocenters. The zero-order valence-electron chi connectivity index (χ0n) is 27.5. The number of likely N-dealkylation sites (N-methyl/N-ethyl adjacent to an activating group) is 1. The smallest absolute Gasteiger partial charge is 0.215 e. The molecule has 3 heterocycles. The van der Waals surface area contributed by atoms with Crippen molar-refractivity contribution in [3.8, 4) is 11.5 Å². The molecule has 0 saturated carbocycles. The lowest BCUT2D eigenvalue weighted by Gasteiger charge is -2.28. The maximum Gasteiger partial charge on any atom is 0.215 e. The average Bonchev–Trinajstić information content (AvgIpc) is 3.48. The van der Waals surface area contributed by atoms with Crippen LogP contribution in [0.3, 0.4) is 0 Å². The van der Waals surface area contributed by atoms with E-state index in [4.69, 9.17) is 4.74 Å². The van der Waals surface area contributed by atoms with Crippen LogP contribution in [0.1, 0.15) is 58.2 Å². The molecule has 224 valence electrons. The second-order valence-electron chi connectivity index (χ2n) is 14.0. The van der Waals surface area contributed by atoms with Gasteiger partial charge in [-0.1, -0.05) is 88.4 Å². The number of ether oxygens (including phenoxy) is 1. The zero-order valence-corrected chi connectivity index (χ0v) is 27.5. The summed E-state index contributed by atoms with van der Waals surface area (Å²) in [6.45, 7) is 15.3. The van der Waals surface area contributed by atoms with Crippen molar-refractivity contribution in [1.82, 2.24) is 4.58 Å². The molecule has 0 aliphatic carbocycles. The molecule has 3 nitrogen and oxygen atoms in total. The summed E-state index contributed by atoms with van der Waals surface area (Å²) < 4.78 is 9.84. The van der Waals surface area contributed by atoms with Crippen LogP contribution in [-0.4, -0.2) is 20.1 Å². The Morgan fingerprint density at radius 3 is 2.00 bits per heavy atom. The van der Waals surface area contributed by atoms with E-state index < -0.39 is 0 Å². The molecule has 6 aromatic carbocycles. The summed E-state index contributed by atoms with van der Waals surface area (Å²) in [5, 5.41) is 10.1. The fourth-order valence-electron chi connectivity index (χ4n) is 8.39. The van der Waals surface area contributed by atoms with Gasteiger partial charge in [0.2, 0.25) is 5.36 Å². The maximum atomic E-state index is 7.41. The third-order valence-electron chi connectivity index (χ3n) is 10.1. The van der Waals surface area contributed by atoms with Gasteiger partial charge in [0.15, 0.2) is 6.54 Å². The van der Waals surface area contributed by atoms with Gasteiger partial charge in [-0.25, -0.2) is 4.58 Å². The first-order chi connectivity index (χ1) is 21.7. The normalized spacial score (nSPS) is 16.8. The van der Waals surface area contributed by atoms with Gasteiger partial charge in [-0.3, -0.25) is 0 Å². The first-order valence-corrected chi connectivity index (χ1v) is 16.4. The van der Waals surface area contributed by atoms with Gasteiger partial charge < -0.3 is 9.64 Å². The third kappa shape index (κ3) is 3.86. The number of hydrogen-bond donors (Lipinski definition) is 0. The molecule has 0 N–H and O–H groups in total. The lowest BCUT2D eigenvalue weighted by Crippen LogP contribution is -2.29. The fraction of sp³-hybridized carbons (Fsp3) is 0.262. The van der Waals surface area contributed by atoms with Crippen LogP contribution in [0.4, 0.5) is 11.4 Å². The van der Waals surface area contributed by atoms with Crippen molar-refractivity contribution in [1.29, 1.82) is 0 Å². The van der Waals surface area contributed by atoms with Crippen LogP contribution < -0.4 is 24.8 Å². The maximum absolute atomic E-state index is 7.41. The predicted molar refractivity (Wildman–Crippen MR) is 191 cm³/mol. The summed E-state index contributed by atoms with van der Waals surface area (Å²) in [5.74, 6) is 2.06. The third-order valence-corrected chi connectivity index (χ3v) is 10.1. The van der Waals surface area contributed by atoms with Crippen molar-refractivity contribution >= 4 is 49.8 Å². The molecule has 0 spiro atoms. The topological polar surface area (TPSA) is 15.5 Å². The largest absolute Gasteiger partial charge is 0.455 e. The van der Waals surface area contributed by atoms with E-state index in [2.05, 4.69) is 141 Å². The number of fused-ring (bicyclic) bond motifs is 13. The van der Waals surface area contributed by atoms with Crippen LogP contribution in [0.25, 0.3) is 38.4 Å². The first-order valence-electron chi connectivity index (χ1n) is 16.4. The molecule has 3 aliphatic rings. The minimum absolute atomic E-state index is 0.0364. The highest BCUT2D eigenvalue weighted by Crippen LogP contribution is 2.56. The molecule has 0 fully saturated rings. The molecule has 0 atom stereocenters. The Morgan fingerprint density at radius 2 is 1.29 bits per heavy atom. The second kappa shape index (κ2) is 9.68. The van der Waals surface area contributed by atoms with Crippen LogP contribution in [-0.2, 0) is 10.8 Å². The van der Waals surface area contributed by atoms with E-state index in [1.165, 1.54) is 71.0 Å². The van der Waals surface area contributed by atoms with Gasteiger partial charge in [0.1, 0.15) is 18.5 Å². The van der Waals surface area contributed by atoms with Crippen molar-refractivity contribution < 1.29 is 4.74 Å².